The zero-order valence-corrected chi connectivity index (χ0v) is 17.3. The second-order valence-electron chi connectivity index (χ2n) is 7.53. The lowest BCUT2D eigenvalue weighted by Crippen LogP contribution is -2.32. The Balaban J connectivity index is 1.64. The third-order valence-corrected chi connectivity index (χ3v) is 5.83. The standard InChI is InChI=1S/C23H19ClFN5O/c24-20-19-21(15-7-3-1-4-8-15)28-30(14-18(31)29-12-11-17(25)13-29)23(19)27-26-22(20)16-9-5-2-6-10-16/h1-10,17H,11-14H2/t17-/m1/s1. The Morgan fingerprint density at radius 2 is 1.65 bits per heavy atom. The summed E-state index contributed by atoms with van der Waals surface area (Å²) in [5.41, 5.74) is 3.31. The van der Waals surface area contributed by atoms with E-state index in [0.29, 0.717) is 40.4 Å². The quantitative estimate of drug-likeness (QED) is 0.477. The van der Waals surface area contributed by atoms with Crippen LogP contribution in [0.3, 0.4) is 0 Å². The summed E-state index contributed by atoms with van der Waals surface area (Å²) in [5, 5.41) is 14.5. The molecule has 1 aliphatic heterocycles. The largest absolute Gasteiger partial charge is 0.338 e. The zero-order chi connectivity index (χ0) is 21.4. The molecule has 4 aromatic rings. The van der Waals surface area contributed by atoms with Crippen molar-refractivity contribution in [2.45, 2.75) is 19.1 Å². The zero-order valence-electron chi connectivity index (χ0n) is 16.6. The van der Waals surface area contributed by atoms with Crippen LogP contribution in [0.2, 0.25) is 5.02 Å². The van der Waals surface area contributed by atoms with Crippen LogP contribution in [0.15, 0.2) is 60.7 Å². The average Bonchev–Trinajstić information content (AvgIpc) is 3.40. The molecule has 3 heterocycles. The second kappa shape index (κ2) is 8.07. The fourth-order valence-corrected chi connectivity index (χ4v) is 4.20. The fraction of sp³-hybridized carbons (Fsp3) is 0.217. The Bertz CT molecular complexity index is 1250. The number of hydrogen-bond acceptors (Lipinski definition) is 4. The Labute approximate surface area is 183 Å². The topological polar surface area (TPSA) is 63.9 Å². The van der Waals surface area contributed by atoms with Gasteiger partial charge in [-0.2, -0.15) is 5.10 Å². The molecule has 1 amide bonds. The van der Waals surface area contributed by atoms with E-state index < -0.39 is 6.17 Å². The summed E-state index contributed by atoms with van der Waals surface area (Å²) in [6, 6.07) is 19.2. The molecule has 0 saturated carbocycles. The molecule has 1 fully saturated rings. The molecule has 0 bridgehead atoms. The van der Waals surface area contributed by atoms with Gasteiger partial charge in [-0.3, -0.25) is 4.79 Å². The summed E-state index contributed by atoms with van der Waals surface area (Å²) in [5.74, 6) is -0.200. The first-order valence-corrected chi connectivity index (χ1v) is 10.4. The molecule has 2 aromatic carbocycles. The molecule has 1 aliphatic rings. The van der Waals surface area contributed by atoms with Gasteiger partial charge in [0.15, 0.2) is 5.65 Å². The number of amides is 1. The van der Waals surface area contributed by atoms with Gasteiger partial charge in [-0.25, -0.2) is 9.07 Å². The first kappa shape index (κ1) is 19.6. The maximum atomic E-state index is 13.6. The molecule has 0 unspecified atom stereocenters. The minimum absolute atomic E-state index is 0.0499. The van der Waals surface area contributed by atoms with Gasteiger partial charge < -0.3 is 4.90 Å². The number of fused-ring (bicyclic) bond motifs is 1. The van der Waals surface area contributed by atoms with Crippen LogP contribution in [0.1, 0.15) is 6.42 Å². The number of rotatable bonds is 4. The minimum atomic E-state index is -0.971. The van der Waals surface area contributed by atoms with Crippen LogP contribution in [-0.2, 0) is 11.3 Å². The molecule has 6 nitrogen and oxygen atoms in total. The van der Waals surface area contributed by atoms with E-state index in [1.165, 1.54) is 9.58 Å². The van der Waals surface area contributed by atoms with Crippen molar-refractivity contribution >= 4 is 28.5 Å². The number of carbonyl (C=O) groups is 1. The Hall–Kier alpha value is -3.32. The Kier molecular flexibility index (Phi) is 5.11. The molecule has 156 valence electrons. The predicted octanol–water partition coefficient (Wildman–Crippen LogP) is 4.38. The number of alkyl halides is 1. The number of aromatic nitrogens is 4. The van der Waals surface area contributed by atoms with Gasteiger partial charge in [-0.15, -0.1) is 10.2 Å². The van der Waals surface area contributed by atoms with Gasteiger partial charge in [-0.1, -0.05) is 72.3 Å². The Morgan fingerprint density at radius 3 is 2.26 bits per heavy atom. The van der Waals surface area contributed by atoms with E-state index in [2.05, 4.69) is 15.3 Å². The van der Waals surface area contributed by atoms with Crippen molar-refractivity contribution in [2.24, 2.45) is 0 Å². The number of nitrogens with zero attached hydrogens (tertiary/aromatic N) is 5. The van der Waals surface area contributed by atoms with Crippen LogP contribution < -0.4 is 0 Å². The molecule has 8 heteroatoms. The van der Waals surface area contributed by atoms with Crippen molar-refractivity contribution < 1.29 is 9.18 Å². The van der Waals surface area contributed by atoms with Crippen molar-refractivity contribution in [1.82, 2.24) is 24.9 Å². The van der Waals surface area contributed by atoms with Crippen molar-refractivity contribution in [1.29, 1.82) is 0 Å². The summed E-state index contributed by atoms with van der Waals surface area (Å²) in [6.45, 7) is 0.481. The van der Waals surface area contributed by atoms with Gasteiger partial charge in [0, 0.05) is 17.7 Å². The number of likely N-dealkylation sites (tertiary alicyclic amines) is 1. The summed E-state index contributed by atoms with van der Waals surface area (Å²) >= 11 is 6.83. The molecule has 0 spiro atoms. The van der Waals surface area contributed by atoms with E-state index in [1.54, 1.807) is 0 Å². The fourth-order valence-electron chi connectivity index (χ4n) is 3.88. The van der Waals surface area contributed by atoms with Crippen molar-refractivity contribution in [3.63, 3.8) is 0 Å². The second-order valence-corrected chi connectivity index (χ2v) is 7.90. The third kappa shape index (κ3) is 3.65. The van der Waals surface area contributed by atoms with Gasteiger partial charge in [0.25, 0.3) is 0 Å². The molecular formula is C23H19ClFN5O. The predicted molar refractivity (Wildman–Crippen MR) is 117 cm³/mol. The molecule has 1 atom stereocenters. The van der Waals surface area contributed by atoms with E-state index in [0.717, 1.165) is 11.1 Å². The van der Waals surface area contributed by atoms with E-state index in [4.69, 9.17) is 11.6 Å². The van der Waals surface area contributed by atoms with Crippen molar-refractivity contribution in [2.75, 3.05) is 13.1 Å². The molecule has 5 rings (SSSR count). The van der Waals surface area contributed by atoms with Crippen LogP contribution in [0.5, 0.6) is 0 Å². The molecule has 1 saturated heterocycles. The van der Waals surface area contributed by atoms with Crippen molar-refractivity contribution in [3.8, 4) is 22.5 Å². The van der Waals surface area contributed by atoms with Crippen molar-refractivity contribution in [3.05, 3.63) is 65.7 Å². The lowest BCUT2D eigenvalue weighted by molar-refractivity contribution is -0.131. The smallest absolute Gasteiger partial charge is 0.244 e. The average molecular weight is 436 g/mol. The summed E-state index contributed by atoms with van der Waals surface area (Å²) in [6.07, 6.45) is -0.603. The van der Waals surface area contributed by atoms with Gasteiger partial charge in [0.2, 0.25) is 5.91 Å². The van der Waals surface area contributed by atoms with Gasteiger partial charge >= 0.3 is 0 Å². The number of carbonyl (C=O) groups excluding carboxylic acids is 1. The normalized spacial score (nSPS) is 16.2. The van der Waals surface area contributed by atoms with E-state index in [-0.39, 0.29) is 19.0 Å². The summed E-state index contributed by atoms with van der Waals surface area (Å²) < 4.78 is 15.1. The lowest BCUT2D eigenvalue weighted by Gasteiger charge is -2.15. The van der Waals surface area contributed by atoms with Crippen LogP contribution in [0, 0.1) is 0 Å². The minimum Gasteiger partial charge on any atom is -0.338 e. The van der Waals surface area contributed by atoms with Gasteiger partial charge in [0.1, 0.15) is 24.1 Å². The summed E-state index contributed by atoms with van der Waals surface area (Å²) in [7, 11) is 0. The highest BCUT2D eigenvalue weighted by Gasteiger charge is 2.28. The van der Waals surface area contributed by atoms with Crippen LogP contribution in [0.25, 0.3) is 33.5 Å². The Morgan fingerprint density at radius 1 is 1.00 bits per heavy atom. The third-order valence-electron chi connectivity index (χ3n) is 5.46. The van der Waals surface area contributed by atoms with E-state index in [9.17, 15) is 9.18 Å². The van der Waals surface area contributed by atoms with Crippen LogP contribution >= 0.6 is 11.6 Å². The maximum absolute atomic E-state index is 13.6. The highest BCUT2D eigenvalue weighted by Crippen LogP contribution is 2.37. The molecular weight excluding hydrogens is 417 g/mol. The SMILES string of the molecule is O=C(Cn1nc(-c2ccccc2)c2c(Cl)c(-c3ccccc3)nnc21)N1CC[C@@H](F)C1. The molecule has 2 aromatic heterocycles. The molecule has 0 N–H and O–H groups in total. The molecule has 0 radical (unpaired) electrons. The van der Waals surface area contributed by atoms with Crippen LogP contribution in [0.4, 0.5) is 4.39 Å². The maximum Gasteiger partial charge on any atom is 0.244 e. The van der Waals surface area contributed by atoms with E-state index in [1.807, 2.05) is 60.7 Å². The molecule has 0 aliphatic carbocycles. The first-order chi connectivity index (χ1) is 15.1. The van der Waals surface area contributed by atoms with Gasteiger partial charge in [-0.05, 0) is 6.42 Å². The number of benzene rings is 2. The van der Waals surface area contributed by atoms with Gasteiger partial charge in [0.05, 0.1) is 17.0 Å². The highest BCUT2D eigenvalue weighted by molar-refractivity contribution is 6.38. The van der Waals surface area contributed by atoms with E-state index >= 15 is 0 Å². The lowest BCUT2D eigenvalue weighted by atomic mass is 10.1. The monoisotopic (exact) mass is 435 g/mol. The van der Waals surface area contributed by atoms with Crippen LogP contribution in [-0.4, -0.2) is 50.0 Å². The molecule has 31 heavy (non-hydrogen) atoms. The highest BCUT2D eigenvalue weighted by atomic mass is 35.5. The number of hydrogen-bond donors (Lipinski definition) is 0. The first-order valence-electron chi connectivity index (χ1n) is 10.1. The number of halogens is 2. The summed E-state index contributed by atoms with van der Waals surface area (Å²) in [4.78, 5) is 14.3.